The molecule has 1 aliphatic heterocycles. The number of amides is 2. The number of rotatable bonds is 48. The molecule has 0 aromatic heterocycles. The first-order valence-corrected chi connectivity index (χ1v) is 26.7. The van der Waals surface area contributed by atoms with Crippen molar-refractivity contribution in [2.75, 3.05) is 59.1 Å². The Hall–Kier alpha value is -1.83. The Labute approximate surface area is 386 Å². The summed E-state index contributed by atoms with van der Waals surface area (Å²) in [5.74, 6) is -0.582. The molecule has 0 radical (unpaired) electrons. The number of aliphatic hydroxyl groups excluding tert-OH is 2. The van der Waals surface area contributed by atoms with E-state index in [4.69, 9.17) is 21.9 Å². The Morgan fingerprint density at radius 3 is 1.27 bits per heavy atom. The molecule has 2 amide bonds. The Morgan fingerprint density at radius 1 is 0.524 bits per heavy atom. The first kappa shape index (κ1) is 59.2. The van der Waals surface area contributed by atoms with E-state index in [-0.39, 0.29) is 69.0 Å². The predicted octanol–water partition coefficient (Wildman–Crippen LogP) is 8.80. The van der Waals surface area contributed by atoms with Gasteiger partial charge < -0.3 is 47.3 Å². The highest BCUT2D eigenvalue weighted by Crippen LogP contribution is 2.21. The Morgan fingerprint density at radius 2 is 0.905 bits per heavy atom. The molecule has 0 bridgehead atoms. The number of carbonyl (C=O) groups excluding carboxylic acids is 3. The minimum atomic E-state index is -0.676. The molecular formula is C51H102N6O6. The first-order valence-electron chi connectivity index (χ1n) is 26.7. The van der Waals surface area contributed by atoms with E-state index in [9.17, 15) is 24.6 Å². The SMILES string of the molecule is NCCCCCCCCCCCCCNC(CO)CC(=O)N(CCCCCCCCCCCCCN)C(CO)CC(=O)N(CCCCCCCCCCCCCN)C1COC(=O)C1. The number of carbonyl (C=O) groups is 3. The molecule has 1 fully saturated rings. The summed E-state index contributed by atoms with van der Waals surface area (Å²) < 4.78 is 5.31. The summed E-state index contributed by atoms with van der Waals surface area (Å²) >= 11 is 0. The lowest BCUT2D eigenvalue weighted by Gasteiger charge is -2.34. The van der Waals surface area contributed by atoms with E-state index in [1.54, 1.807) is 9.80 Å². The molecule has 1 saturated heterocycles. The maximum Gasteiger partial charge on any atom is 0.308 e. The number of nitrogens with zero attached hydrogens (tertiary/aromatic N) is 2. The fourth-order valence-corrected chi connectivity index (χ4v) is 9.04. The number of hydrogen-bond donors (Lipinski definition) is 6. The summed E-state index contributed by atoms with van der Waals surface area (Å²) in [6, 6.07) is -1.38. The highest BCUT2D eigenvalue weighted by molar-refractivity contribution is 5.81. The van der Waals surface area contributed by atoms with Crippen molar-refractivity contribution in [3.63, 3.8) is 0 Å². The standard InChI is InChI=1S/C51H102N6O6/c52-34-28-22-16-10-4-1-7-13-19-25-31-37-55-46(43-58)40-49(60)56(38-32-26-20-14-8-2-5-11-17-23-29-35-53)47(44-59)41-50(61)57(48-42-51(62)63-45-48)39-33-27-21-15-9-3-6-12-18-24-30-36-54/h46-48,55,58-59H,1-45,52-54H2. The highest BCUT2D eigenvalue weighted by atomic mass is 16.5. The van der Waals surface area contributed by atoms with Crippen molar-refractivity contribution in [1.82, 2.24) is 15.1 Å². The number of nitrogens with one attached hydrogen (secondary N) is 1. The zero-order valence-corrected chi connectivity index (χ0v) is 40.7. The molecule has 3 unspecified atom stereocenters. The molecule has 63 heavy (non-hydrogen) atoms. The average molecular weight is 895 g/mol. The number of cyclic esters (lactones) is 1. The zero-order chi connectivity index (χ0) is 45.9. The lowest BCUT2D eigenvalue weighted by atomic mass is 10.0. The predicted molar refractivity (Wildman–Crippen MR) is 261 cm³/mol. The highest BCUT2D eigenvalue weighted by Gasteiger charge is 2.35. The fourth-order valence-electron chi connectivity index (χ4n) is 9.04. The van der Waals surface area contributed by atoms with E-state index < -0.39 is 6.04 Å². The number of esters is 1. The third kappa shape index (κ3) is 33.3. The molecule has 0 aliphatic carbocycles. The van der Waals surface area contributed by atoms with Crippen LogP contribution in [0.2, 0.25) is 0 Å². The van der Waals surface area contributed by atoms with E-state index in [0.29, 0.717) is 13.1 Å². The van der Waals surface area contributed by atoms with Crippen LogP contribution < -0.4 is 22.5 Å². The topological polar surface area (TPSA) is 197 Å². The lowest BCUT2D eigenvalue weighted by molar-refractivity contribution is -0.141. The van der Waals surface area contributed by atoms with Crippen molar-refractivity contribution in [1.29, 1.82) is 0 Å². The van der Waals surface area contributed by atoms with Gasteiger partial charge in [0.2, 0.25) is 11.8 Å². The molecule has 372 valence electrons. The van der Waals surface area contributed by atoms with Gasteiger partial charge in [0, 0.05) is 32.0 Å². The quantitative estimate of drug-likeness (QED) is 0.0254. The second kappa shape index (κ2) is 44.0. The number of aliphatic hydroxyl groups is 2. The zero-order valence-electron chi connectivity index (χ0n) is 40.7. The third-order valence-corrected chi connectivity index (χ3v) is 13.1. The third-order valence-electron chi connectivity index (χ3n) is 13.1. The summed E-state index contributed by atoms with van der Waals surface area (Å²) in [5, 5.41) is 24.5. The summed E-state index contributed by atoms with van der Waals surface area (Å²) in [7, 11) is 0. The summed E-state index contributed by atoms with van der Waals surface area (Å²) in [6.07, 6.45) is 39.2. The van der Waals surface area contributed by atoms with Gasteiger partial charge in [0.1, 0.15) is 6.61 Å². The first-order chi connectivity index (χ1) is 30.9. The van der Waals surface area contributed by atoms with Gasteiger partial charge in [0.05, 0.1) is 31.7 Å². The smallest absolute Gasteiger partial charge is 0.308 e. The van der Waals surface area contributed by atoms with Gasteiger partial charge in [-0.1, -0.05) is 173 Å². The average Bonchev–Trinajstić information content (AvgIpc) is 3.72. The van der Waals surface area contributed by atoms with Crippen LogP contribution in [-0.2, 0) is 19.1 Å². The molecule has 0 spiro atoms. The van der Waals surface area contributed by atoms with Crippen LogP contribution in [0.1, 0.15) is 231 Å². The Bertz CT molecular complexity index is 1060. The molecule has 3 atom stereocenters. The minimum Gasteiger partial charge on any atom is -0.463 e. The van der Waals surface area contributed by atoms with E-state index in [0.717, 1.165) is 103 Å². The van der Waals surface area contributed by atoms with Crippen molar-refractivity contribution in [3.8, 4) is 0 Å². The maximum absolute atomic E-state index is 14.1. The van der Waals surface area contributed by atoms with E-state index in [1.165, 1.54) is 135 Å². The molecule has 12 heteroatoms. The van der Waals surface area contributed by atoms with Crippen molar-refractivity contribution >= 4 is 17.8 Å². The van der Waals surface area contributed by atoms with Crippen LogP contribution >= 0.6 is 0 Å². The van der Waals surface area contributed by atoms with Crippen LogP contribution in [0.4, 0.5) is 0 Å². The minimum absolute atomic E-state index is 0.00496. The molecule has 1 rings (SSSR count). The largest absolute Gasteiger partial charge is 0.463 e. The number of ether oxygens (including phenoxy) is 1. The van der Waals surface area contributed by atoms with Crippen molar-refractivity contribution in [3.05, 3.63) is 0 Å². The van der Waals surface area contributed by atoms with Crippen LogP contribution in [0.3, 0.4) is 0 Å². The van der Waals surface area contributed by atoms with E-state index >= 15 is 0 Å². The van der Waals surface area contributed by atoms with Crippen LogP contribution in [0.25, 0.3) is 0 Å². The fraction of sp³-hybridized carbons (Fsp3) is 0.941. The van der Waals surface area contributed by atoms with Crippen molar-refractivity contribution in [2.24, 2.45) is 17.2 Å². The number of unbranched alkanes of at least 4 members (excludes halogenated alkanes) is 30. The summed E-state index contributed by atoms with van der Waals surface area (Å²) in [6.45, 7) is 3.81. The van der Waals surface area contributed by atoms with Crippen LogP contribution in [-0.4, -0.2) is 115 Å². The Balaban J connectivity index is 2.73. The van der Waals surface area contributed by atoms with Crippen molar-refractivity contribution in [2.45, 2.75) is 249 Å². The molecule has 12 nitrogen and oxygen atoms in total. The lowest BCUT2D eigenvalue weighted by Crippen LogP contribution is -2.50. The van der Waals surface area contributed by atoms with Gasteiger partial charge >= 0.3 is 5.97 Å². The van der Waals surface area contributed by atoms with Gasteiger partial charge in [0.25, 0.3) is 0 Å². The summed E-state index contributed by atoms with van der Waals surface area (Å²) in [4.78, 5) is 43.9. The van der Waals surface area contributed by atoms with Crippen LogP contribution in [0, 0.1) is 0 Å². The van der Waals surface area contributed by atoms with Gasteiger partial charge in [-0.3, -0.25) is 14.4 Å². The molecule has 1 aliphatic rings. The molecule has 0 saturated carbocycles. The van der Waals surface area contributed by atoms with Crippen LogP contribution in [0.15, 0.2) is 0 Å². The molecule has 0 aromatic carbocycles. The molecule has 9 N–H and O–H groups in total. The number of nitrogens with two attached hydrogens (primary N) is 3. The van der Waals surface area contributed by atoms with Gasteiger partial charge in [-0.2, -0.15) is 0 Å². The maximum atomic E-state index is 14.1. The van der Waals surface area contributed by atoms with Crippen molar-refractivity contribution < 1.29 is 29.3 Å². The monoisotopic (exact) mass is 895 g/mol. The van der Waals surface area contributed by atoms with Gasteiger partial charge in [-0.25, -0.2) is 0 Å². The number of hydrogen-bond acceptors (Lipinski definition) is 10. The normalized spacial score (nSPS) is 14.9. The van der Waals surface area contributed by atoms with E-state index in [2.05, 4.69) is 5.32 Å². The van der Waals surface area contributed by atoms with Gasteiger partial charge in [0.15, 0.2) is 0 Å². The van der Waals surface area contributed by atoms with E-state index in [1.807, 2.05) is 0 Å². The molecular weight excluding hydrogens is 793 g/mol. The Kier molecular flexibility index (Phi) is 41.4. The molecule has 0 aromatic rings. The molecule has 1 heterocycles. The summed E-state index contributed by atoms with van der Waals surface area (Å²) in [5.41, 5.74) is 16.8. The van der Waals surface area contributed by atoms with Gasteiger partial charge in [-0.15, -0.1) is 0 Å². The van der Waals surface area contributed by atoms with Crippen LogP contribution in [0.5, 0.6) is 0 Å². The van der Waals surface area contributed by atoms with Gasteiger partial charge in [-0.05, 0) is 64.7 Å². The second-order valence-electron chi connectivity index (χ2n) is 18.8. The second-order valence-corrected chi connectivity index (χ2v) is 18.8.